The first-order valence-corrected chi connectivity index (χ1v) is 10.9. The van der Waals surface area contributed by atoms with Crippen molar-refractivity contribution < 1.29 is 4.79 Å². The summed E-state index contributed by atoms with van der Waals surface area (Å²) in [6.45, 7) is 5.89. The fraction of sp³-hybridized carbons (Fsp3) is 0.905. The monoisotopic (exact) mass is 507 g/mol. The standard InChI is InChI=1S/C21H41N5O.HI/c1-5-23-21(26-13-11-17(12-14-26)15-20(27)22-2)24-16-19(25(3)4)18-9-7-6-8-10-18;/h17-19H,5-16H2,1-4H3,(H,22,27)(H,23,24);1H. The molecule has 7 heteroatoms. The van der Waals surface area contributed by atoms with Crippen molar-refractivity contribution in [3.63, 3.8) is 0 Å². The quantitative estimate of drug-likeness (QED) is 0.316. The zero-order valence-corrected chi connectivity index (χ0v) is 20.7. The van der Waals surface area contributed by atoms with Gasteiger partial charge in [-0.2, -0.15) is 0 Å². The van der Waals surface area contributed by atoms with E-state index >= 15 is 0 Å². The average molecular weight is 508 g/mol. The number of likely N-dealkylation sites (tertiary alicyclic amines) is 1. The van der Waals surface area contributed by atoms with Crippen LogP contribution in [0.4, 0.5) is 0 Å². The SMILES string of the molecule is CCNC(=NCC(C1CCCCC1)N(C)C)N1CCC(CC(=O)NC)CC1.I. The summed E-state index contributed by atoms with van der Waals surface area (Å²) in [4.78, 5) is 21.4. The number of hydrogen-bond acceptors (Lipinski definition) is 3. The molecule has 1 aliphatic carbocycles. The fourth-order valence-corrected chi connectivity index (χ4v) is 4.57. The number of piperidine rings is 1. The van der Waals surface area contributed by atoms with Crippen LogP contribution in [-0.4, -0.2) is 75.0 Å². The van der Waals surface area contributed by atoms with E-state index in [-0.39, 0.29) is 29.9 Å². The molecule has 1 saturated carbocycles. The molecule has 0 bridgehead atoms. The number of hydrogen-bond donors (Lipinski definition) is 2. The largest absolute Gasteiger partial charge is 0.359 e. The van der Waals surface area contributed by atoms with Crippen LogP contribution >= 0.6 is 24.0 Å². The number of amides is 1. The van der Waals surface area contributed by atoms with E-state index in [1.54, 1.807) is 7.05 Å². The number of guanidine groups is 1. The van der Waals surface area contributed by atoms with Gasteiger partial charge in [-0.1, -0.05) is 19.3 Å². The molecule has 2 aliphatic rings. The Bertz CT molecular complexity index is 471. The van der Waals surface area contributed by atoms with Gasteiger partial charge >= 0.3 is 0 Å². The van der Waals surface area contributed by atoms with Gasteiger partial charge in [-0.05, 0) is 58.5 Å². The molecule has 2 rings (SSSR count). The summed E-state index contributed by atoms with van der Waals surface area (Å²) in [6.07, 6.45) is 9.62. The van der Waals surface area contributed by atoms with Crippen LogP contribution in [0.15, 0.2) is 4.99 Å². The lowest BCUT2D eigenvalue weighted by Gasteiger charge is -2.36. The molecule has 0 spiro atoms. The summed E-state index contributed by atoms with van der Waals surface area (Å²) in [5, 5.41) is 6.24. The van der Waals surface area contributed by atoms with Crippen LogP contribution in [0.2, 0.25) is 0 Å². The molecule has 6 nitrogen and oxygen atoms in total. The van der Waals surface area contributed by atoms with Gasteiger partial charge in [-0.3, -0.25) is 9.79 Å². The lowest BCUT2D eigenvalue weighted by Crippen LogP contribution is -2.47. The van der Waals surface area contributed by atoms with E-state index in [0.29, 0.717) is 18.4 Å². The summed E-state index contributed by atoms with van der Waals surface area (Å²) >= 11 is 0. The van der Waals surface area contributed by atoms with Gasteiger partial charge in [0.15, 0.2) is 5.96 Å². The van der Waals surface area contributed by atoms with Crippen LogP contribution in [-0.2, 0) is 4.79 Å². The molecular weight excluding hydrogens is 465 g/mol. The molecule has 1 aliphatic heterocycles. The third-order valence-electron chi connectivity index (χ3n) is 6.29. The Labute approximate surface area is 189 Å². The van der Waals surface area contributed by atoms with Crippen molar-refractivity contribution in [1.29, 1.82) is 0 Å². The molecule has 164 valence electrons. The van der Waals surface area contributed by atoms with E-state index in [9.17, 15) is 4.79 Å². The Kier molecular flexibility index (Phi) is 12.4. The molecule has 2 N–H and O–H groups in total. The zero-order valence-electron chi connectivity index (χ0n) is 18.4. The van der Waals surface area contributed by atoms with Crippen molar-refractivity contribution >= 4 is 35.8 Å². The molecule has 28 heavy (non-hydrogen) atoms. The molecule has 1 unspecified atom stereocenters. The molecule has 1 atom stereocenters. The number of carbonyl (C=O) groups is 1. The molecule has 0 radical (unpaired) electrons. The number of nitrogens with zero attached hydrogens (tertiary/aromatic N) is 3. The molecule has 1 saturated heterocycles. The van der Waals surface area contributed by atoms with Crippen LogP contribution < -0.4 is 10.6 Å². The molecule has 0 aromatic rings. The van der Waals surface area contributed by atoms with Crippen LogP contribution in [0.3, 0.4) is 0 Å². The molecular formula is C21H42IN5O. The van der Waals surface area contributed by atoms with Gasteiger partial charge in [-0.25, -0.2) is 0 Å². The summed E-state index contributed by atoms with van der Waals surface area (Å²) in [6, 6.07) is 0.532. The number of carbonyl (C=O) groups excluding carboxylic acids is 1. The van der Waals surface area contributed by atoms with Gasteiger partial charge in [0.05, 0.1) is 6.54 Å². The normalized spacial score (nSPS) is 20.6. The molecule has 0 aromatic carbocycles. The molecule has 1 heterocycles. The van der Waals surface area contributed by atoms with Crippen molar-refractivity contribution in [3.8, 4) is 0 Å². The second kappa shape index (κ2) is 13.6. The fourth-order valence-electron chi connectivity index (χ4n) is 4.57. The van der Waals surface area contributed by atoms with Crippen molar-refractivity contribution in [2.45, 2.75) is 64.3 Å². The van der Waals surface area contributed by atoms with E-state index in [1.807, 2.05) is 0 Å². The maximum absolute atomic E-state index is 11.6. The minimum atomic E-state index is 0. The highest BCUT2D eigenvalue weighted by molar-refractivity contribution is 14.0. The lowest BCUT2D eigenvalue weighted by molar-refractivity contribution is -0.121. The van der Waals surface area contributed by atoms with E-state index in [4.69, 9.17) is 4.99 Å². The highest BCUT2D eigenvalue weighted by Crippen LogP contribution is 2.28. The topological polar surface area (TPSA) is 60.0 Å². The van der Waals surface area contributed by atoms with Gasteiger partial charge in [0, 0.05) is 39.1 Å². The number of nitrogens with one attached hydrogen (secondary N) is 2. The van der Waals surface area contributed by atoms with E-state index < -0.39 is 0 Å². The van der Waals surface area contributed by atoms with Crippen molar-refractivity contribution in [2.75, 3.05) is 47.3 Å². The van der Waals surface area contributed by atoms with Crippen molar-refractivity contribution in [2.24, 2.45) is 16.8 Å². The Balaban J connectivity index is 0.00000392. The number of rotatable bonds is 7. The summed E-state index contributed by atoms with van der Waals surface area (Å²) in [5.41, 5.74) is 0. The van der Waals surface area contributed by atoms with Crippen LogP contribution in [0.5, 0.6) is 0 Å². The van der Waals surface area contributed by atoms with E-state index in [0.717, 1.165) is 50.9 Å². The second-order valence-corrected chi connectivity index (χ2v) is 8.43. The number of halogens is 1. The lowest BCUT2D eigenvalue weighted by atomic mass is 9.83. The Hall–Kier alpha value is -0.570. The Morgan fingerprint density at radius 1 is 1.14 bits per heavy atom. The average Bonchev–Trinajstić information content (AvgIpc) is 2.68. The van der Waals surface area contributed by atoms with E-state index in [1.165, 1.54) is 32.1 Å². The van der Waals surface area contributed by atoms with Gasteiger partial charge in [0.25, 0.3) is 0 Å². The van der Waals surface area contributed by atoms with E-state index in [2.05, 4.69) is 41.5 Å². The highest BCUT2D eigenvalue weighted by atomic mass is 127. The third kappa shape index (κ3) is 8.05. The van der Waals surface area contributed by atoms with Crippen LogP contribution in [0, 0.1) is 11.8 Å². The highest BCUT2D eigenvalue weighted by Gasteiger charge is 2.26. The summed E-state index contributed by atoms with van der Waals surface area (Å²) in [7, 11) is 6.12. The van der Waals surface area contributed by atoms with Gasteiger partial charge < -0.3 is 20.4 Å². The Morgan fingerprint density at radius 3 is 2.32 bits per heavy atom. The van der Waals surface area contributed by atoms with Crippen LogP contribution in [0.25, 0.3) is 0 Å². The van der Waals surface area contributed by atoms with Crippen LogP contribution in [0.1, 0.15) is 58.3 Å². The smallest absolute Gasteiger partial charge is 0.220 e. The first-order valence-electron chi connectivity index (χ1n) is 10.9. The zero-order chi connectivity index (χ0) is 19.6. The maximum atomic E-state index is 11.6. The van der Waals surface area contributed by atoms with Crippen molar-refractivity contribution in [1.82, 2.24) is 20.4 Å². The predicted molar refractivity (Wildman–Crippen MR) is 128 cm³/mol. The maximum Gasteiger partial charge on any atom is 0.220 e. The summed E-state index contributed by atoms with van der Waals surface area (Å²) < 4.78 is 0. The molecule has 0 aromatic heterocycles. The van der Waals surface area contributed by atoms with Gasteiger partial charge in [-0.15, -0.1) is 24.0 Å². The minimum Gasteiger partial charge on any atom is -0.359 e. The first-order chi connectivity index (χ1) is 13.0. The predicted octanol–water partition coefficient (Wildman–Crippen LogP) is 2.93. The number of aliphatic imine (C=N–C) groups is 1. The summed E-state index contributed by atoms with van der Waals surface area (Å²) in [5.74, 6) is 2.49. The molecule has 1 amide bonds. The molecule has 2 fully saturated rings. The van der Waals surface area contributed by atoms with Crippen molar-refractivity contribution in [3.05, 3.63) is 0 Å². The second-order valence-electron chi connectivity index (χ2n) is 8.43. The Morgan fingerprint density at radius 2 is 1.79 bits per heavy atom. The minimum absolute atomic E-state index is 0. The first kappa shape index (κ1) is 25.5. The third-order valence-corrected chi connectivity index (χ3v) is 6.29. The van der Waals surface area contributed by atoms with Gasteiger partial charge in [0.2, 0.25) is 5.91 Å². The number of likely N-dealkylation sites (N-methyl/N-ethyl adjacent to an activating group) is 1. The van der Waals surface area contributed by atoms with Gasteiger partial charge in [0.1, 0.15) is 0 Å².